The molecule has 29 heavy (non-hydrogen) atoms. The lowest BCUT2D eigenvalue weighted by Gasteiger charge is -2.27. The predicted octanol–water partition coefficient (Wildman–Crippen LogP) is 4.65. The normalized spacial score (nSPS) is 17.0. The lowest BCUT2D eigenvalue weighted by molar-refractivity contribution is -0.113. The van der Waals surface area contributed by atoms with Crippen LogP contribution in [0.2, 0.25) is 0 Å². The Bertz CT molecular complexity index is 836. The second-order valence-corrected chi connectivity index (χ2v) is 9.18. The zero-order chi connectivity index (χ0) is 20.2. The highest BCUT2D eigenvalue weighted by Gasteiger charge is 2.32. The van der Waals surface area contributed by atoms with E-state index in [9.17, 15) is 13.6 Å². The van der Waals surface area contributed by atoms with Crippen molar-refractivity contribution in [3.8, 4) is 0 Å². The van der Waals surface area contributed by atoms with Crippen molar-refractivity contribution in [2.75, 3.05) is 29.1 Å². The number of aromatic nitrogens is 3. The number of nitrogens with one attached hydrogen (secondary N) is 1. The minimum atomic E-state index is -2.45. The quantitative estimate of drug-likeness (QED) is 0.604. The van der Waals surface area contributed by atoms with Crippen LogP contribution in [0.5, 0.6) is 0 Å². The molecule has 0 spiro atoms. The van der Waals surface area contributed by atoms with E-state index in [1.165, 1.54) is 31.0 Å². The molecular formula is C19H23F2N5OS2. The van der Waals surface area contributed by atoms with Crippen molar-refractivity contribution in [2.24, 2.45) is 0 Å². The Morgan fingerprint density at radius 2 is 1.86 bits per heavy atom. The van der Waals surface area contributed by atoms with Crippen molar-refractivity contribution in [1.29, 1.82) is 0 Å². The maximum Gasteiger partial charge on any atom is 0.288 e. The van der Waals surface area contributed by atoms with Crippen molar-refractivity contribution >= 4 is 41.1 Å². The minimum absolute atomic E-state index is 0.158. The number of carbonyl (C=O) groups excluding carboxylic acids is 1. The van der Waals surface area contributed by atoms with Crippen LogP contribution in [-0.4, -0.2) is 45.3 Å². The Morgan fingerprint density at radius 3 is 2.52 bits per heavy atom. The molecule has 1 N–H and O–H groups in total. The van der Waals surface area contributed by atoms with Gasteiger partial charge in [0.1, 0.15) is 0 Å². The molecule has 6 nitrogen and oxygen atoms in total. The number of alkyl halides is 2. The van der Waals surface area contributed by atoms with Crippen LogP contribution < -0.4 is 10.2 Å². The van der Waals surface area contributed by atoms with Crippen molar-refractivity contribution in [3.63, 3.8) is 0 Å². The van der Waals surface area contributed by atoms with Crippen LogP contribution in [0.4, 0.5) is 20.4 Å². The molecule has 156 valence electrons. The molecule has 1 aromatic heterocycles. The Morgan fingerprint density at radius 1 is 1.14 bits per heavy atom. The first-order chi connectivity index (χ1) is 14.1. The number of rotatable bonds is 8. The molecule has 4 rings (SSSR count). The molecular weight excluding hydrogens is 416 g/mol. The molecule has 0 unspecified atom stereocenters. The van der Waals surface area contributed by atoms with Gasteiger partial charge in [-0.15, -0.1) is 10.2 Å². The minimum Gasteiger partial charge on any atom is -0.341 e. The van der Waals surface area contributed by atoms with Crippen LogP contribution in [0.1, 0.15) is 38.1 Å². The molecule has 2 fully saturated rings. The van der Waals surface area contributed by atoms with Crippen LogP contribution in [0.15, 0.2) is 34.3 Å². The molecule has 0 bridgehead atoms. The average molecular weight is 440 g/mol. The molecule has 1 aliphatic carbocycles. The number of benzene rings is 1. The summed E-state index contributed by atoms with van der Waals surface area (Å²) >= 11 is 1.87. The van der Waals surface area contributed by atoms with Gasteiger partial charge in [-0.1, -0.05) is 23.5 Å². The van der Waals surface area contributed by atoms with E-state index in [1.807, 2.05) is 0 Å². The van der Waals surface area contributed by atoms with Gasteiger partial charge in [0.15, 0.2) is 5.16 Å². The van der Waals surface area contributed by atoms with Gasteiger partial charge in [-0.2, -0.15) is 8.78 Å². The summed E-state index contributed by atoms with van der Waals surface area (Å²) in [5, 5.41) is 12.4. The van der Waals surface area contributed by atoms with Crippen molar-refractivity contribution in [3.05, 3.63) is 24.3 Å². The maximum atomic E-state index is 12.4. The molecule has 2 aliphatic rings. The second-order valence-electron chi connectivity index (χ2n) is 7.17. The molecule has 0 atom stereocenters. The number of hydrogen-bond acceptors (Lipinski definition) is 6. The monoisotopic (exact) mass is 439 g/mol. The van der Waals surface area contributed by atoms with E-state index in [4.69, 9.17) is 0 Å². The Labute approximate surface area is 176 Å². The first-order valence-electron chi connectivity index (χ1n) is 9.77. The second kappa shape index (κ2) is 9.34. The summed E-state index contributed by atoms with van der Waals surface area (Å²) in [6.45, 7) is 2.02. The van der Waals surface area contributed by atoms with Crippen molar-refractivity contribution < 1.29 is 13.6 Å². The van der Waals surface area contributed by atoms with Gasteiger partial charge in [0.2, 0.25) is 11.9 Å². The number of hydrogen-bond donors (Lipinski definition) is 1. The van der Waals surface area contributed by atoms with Gasteiger partial charge in [0.25, 0.3) is 5.76 Å². The van der Waals surface area contributed by atoms with Crippen molar-refractivity contribution in [2.45, 2.75) is 54.0 Å². The van der Waals surface area contributed by atoms with Gasteiger partial charge in [-0.05, 0) is 56.4 Å². The molecule has 1 aromatic carbocycles. The Hall–Kier alpha value is -1.81. The summed E-state index contributed by atoms with van der Waals surface area (Å²) in [6, 6.07) is 6.86. The summed E-state index contributed by atoms with van der Waals surface area (Å²) in [5.41, 5.74) is 0.590. The van der Waals surface area contributed by atoms with E-state index in [-0.39, 0.29) is 11.7 Å². The maximum absolute atomic E-state index is 12.4. The standard InChI is InChI=1S/C19H23F2N5OS2/c20-17(21)29-15-8-4-13(5-9-15)22-16(27)12-28-19-24-23-18(26(19)14-6-7-14)25-10-2-1-3-11-25/h4-5,8-9,14,17H,1-3,6-7,10-12H2,(H,22,27). The van der Waals surface area contributed by atoms with Crippen LogP contribution >= 0.6 is 23.5 Å². The van der Waals surface area contributed by atoms with Gasteiger partial charge in [-0.25, -0.2) is 0 Å². The number of carbonyl (C=O) groups is 1. The molecule has 1 amide bonds. The van der Waals surface area contributed by atoms with E-state index in [0.29, 0.717) is 28.4 Å². The topological polar surface area (TPSA) is 63.1 Å². The summed E-state index contributed by atoms with van der Waals surface area (Å²) in [7, 11) is 0. The third-order valence-corrected chi connectivity index (χ3v) is 6.56. The highest BCUT2D eigenvalue weighted by Crippen LogP contribution is 2.41. The number of amides is 1. The fourth-order valence-corrected chi connectivity index (χ4v) is 4.68. The van der Waals surface area contributed by atoms with Crippen LogP contribution in [-0.2, 0) is 4.79 Å². The van der Waals surface area contributed by atoms with Gasteiger partial charge < -0.3 is 10.2 Å². The summed E-state index contributed by atoms with van der Waals surface area (Å²) in [4.78, 5) is 15.1. The number of piperidine rings is 1. The fourth-order valence-electron chi connectivity index (χ4n) is 3.38. The van der Waals surface area contributed by atoms with Crippen molar-refractivity contribution in [1.82, 2.24) is 14.8 Å². The molecule has 2 aromatic rings. The molecule has 0 radical (unpaired) electrons. The highest BCUT2D eigenvalue weighted by molar-refractivity contribution is 8.00. The lowest BCUT2D eigenvalue weighted by Crippen LogP contribution is -2.32. The predicted molar refractivity (Wildman–Crippen MR) is 112 cm³/mol. The van der Waals surface area contributed by atoms with Gasteiger partial charge in [0.05, 0.1) is 5.75 Å². The lowest BCUT2D eigenvalue weighted by atomic mass is 10.1. The molecule has 2 heterocycles. The molecule has 1 saturated carbocycles. The van der Waals surface area contributed by atoms with Crippen LogP contribution in [0.3, 0.4) is 0 Å². The average Bonchev–Trinajstić information content (AvgIpc) is 3.47. The summed E-state index contributed by atoms with van der Waals surface area (Å²) < 4.78 is 27.0. The molecule has 1 aliphatic heterocycles. The SMILES string of the molecule is O=C(CSc1nnc(N2CCCCC2)n1C1CC1)Nc1ccc(SC(F)F)cc1. The summed E-state index contributed by atoms with van der Waals surface area (Å²) in [5.74, 6) is -1.46. The zero-order valence-electron chi connectivity index (χ0n) is 15.9. The van der Waals surface area contributed by atoms with E-state index < -0.39 is 5.76 Å². The van der Waals surface area contributed by atoms with E-state index >= 15 is 0 Å². The largest absolute Gasteiger partial charge is 0.341 e. The fraction of sp³-hybridized carbons (Fsp3) is 0.526. The number of anilines is 2. The van der Waals surface area contributed by atoms with Crippen LogP contribution in [0.25, 0.3) is 0 Å². The number of thioether (sulfide) groups is 2. The number of nitrogens with zero attached hydrogens (tertiary/aromatic N) is 4. The smallest absolute Gasteiger partial charge is 0.288 e. The van der Waals surface area contributed by atoms with Gasteiger partial charge >= 0.3 is 0 Å². The Kier molecular flexibility index (Phi) is 6.59. The molecule has 1 saturated heterocycles. The first kappa shape index (κ1) is 20.5. The number of halogens is 2. The summed E-state index contributed by atoms with van der Waals surface area (Å²) in [6.07, 6.45) is 5.87. The highest BCUT2D eigenvalue weighted by atomic mass is 32.2. The first-order valence-corrected chi connectivity index (χ1v) is 11.6. The van der Waals surface area contributed by atoms with E-state index in [1.54, 1.807) is 24.3 Å². The van der Waals surface area contributed by atoms with Gasteiger partial charge in [0, 0.05) is 29.7 Å². The van der Waals surface area contributed by atoms with E-state index in [0.717, 1.165) is 37.0 Å². The van der Waals surface area contributed by atoms with Crippen LogP contribution in [0, 0.1) is 0 Å². The third-order valence-electron chi connectivity index (χ3n) is 4.89. The Balaban J connectivity index is 1.35. The van der Waals surface area contributed by atoms with Gasteiger partial charge in [-0.3, -0.25) is 9.36 Å². The third kappa shape index (κ3) is 5.42. The molecule has 10 heteroatoms. The van der Waals surface area contributed by atoms with E-state index in [2.05, 4.69) is 25.0 Å². The zero-order valence-corrected chi connectivity index (χ0v) is 17.5.